The highest BCUT2D eigenvalue weighted by Gasteiger charge is 2.45. The summed E-state index contributed by atoms with van der Waals surface area (Å²) in [6.07, 6.45) is 10.1. The molecule has 1 aromatic rings. The molecule has 4 rings (SSSR count). The van der Waals surface area contributed by atoms with Gasteiger partial charge >= 0.3 is 0 Å². The van der Waals surface area contributed by atoms with Crippen LogP contribution >= 0.6 is 0 Å². The van der Waals surface area contributed by atoms with Crippen LogP contribution in [0.25, 0.3) is 0 Å². The molecule has 1 saturated carbocycles. The number of aromatic nitrogens is 1. The fourth-order valence-corrected chi connectivity index (χ4v) is 4.94. The number of amides is 2. The average molecular weight is 357 g/mol. The Kier molecular flexibility index (Phi) is 4.69. The Labute approximate surface area is 154 Å². The quantitative estimate of drug-likeness (QED) is 0.900. The SMILES string of the molecule is CN1C(=O)CC(C(=O)NC2CCOC3(CCCC3)C2)C1c1cccnc1. The van der Waals surface area contributed by atoms with Gasteiger partial charge in [-0.1, -0.05) is 18.9 Å². The fourth-order valence-electron chi connectivity index (χ4n) is 4.94. The van der Waals surface area contributed by atoms with E-state index < -0.39 is 0 Å². The third-order valence-electron chi connectivity index (χ3n) is 6.30. The Bertz CT molecular complexity index is 672. The van der Waals surface area contributed by atoms with E-state index >= 15 is 0 Å². The number of carbonyl (C=O) groups excluding carboxylic acids is 2. The molecule has 3 aliphatic rings. The summed E-state index contributed by atoms with van der Waals surface area (Å²) in [6.45, 7) is 0.709. The first kappa shape index (κ1) is 17.5. The number of ether oxygens (including phenoxy) is 1. The number of hydrogen-bond acceptors (Lipinski definition) is 4. The van der Waals surface area contributed by atoms with Gasteiger partial charge in [-0.3, -0.25) is 14.6 Å². The Hall–Kier alpha value is -1.95. The van der Waals surface area contributed by atoms with Gasteiger partial charge in [0.15, 0.2) is 0 Å². The van der Waals surface area contributed by atoms with Crippen molar-refractivity contribution in [1.29, 1.82) is 0 Å². The van der Waals surface area contributed by atoms with E-state index in [9.17, 15) is 9.59 Å². The summed E-state index contributed by atoms with van der Waals surface area (Å²) in [7, 11) is 1.77. The van der Waals surface area contributed by atoms with Crippen LogP contribution < -0.4 is 5.32 Å². The zero-order chi connectivity index (χ0) is 18.1. The molecule has 3 atom stereocenters. The topological polar surface area (TPSA) is 71.5 Å². The van der Waals surface area contributed by atoms with Crippen LogP contribution in [0.3, 0.4) is 0 Å². The smallest absolute Gasteiger partial charge is 0.226 e. The summed E-state index contributed by atoms with van der Waals surface area (Å²) in [5, 5.41) is 3.23. The first-order chi connectivity index (χ1) is 12.6. The standard InChI is InChI=1S/C20H27N3O3/c1-23-17(24)11-16(18(23)14-5-4-9-21-13-14)19(25)22-15-6-10-26-20(12-15)7-2-3-8-20/h4-5,9,13,15-16,18H,2-3,6-8,10-12H2,1H3,(H,22,25). The molecule has 6 nitrogen and oxygen atoms in total. The maximum atomic E-state index is 13.0. The molecule has 2 aliphatic heterocycles. The zero-order valence-corrected chi connectivity index (χ0v) is 15.3. The number of nitrogens with zero attached hydrogens (tertiary/aromatic N) is 2. The molecule has 2 saturated heterocycles. The van der Waals surface area contributed by atoms with Crippen molar-refractivity contribution in [2.75, 3.05) is 13.7 Å². The van der Waals surface area contributed by atoms with E-state index in [2.05, 4.69) is 10.3 Å². The largest absolute Gasteiger partial charge is 0.375 e. The van der Waals surface area contributed by atoms with Crippen LogP contribution in [0, 0.1) is 5.92 Å². The van der Waals surface area contributed by atoms with Crippen LogP contribution in [0.1, 0.15) is 56.6 Å². The van der Waals surface area contributed by atoms with Crippen molar-refractivity contribution in [3.05, 3.63) is 30.1 Å². The van der Waals surface area contributed by atoms with E-state index in [0.717, 1.165) is 31.2 Å². The monoisotopic (exact) mass is 357 g/mol. The van der Waals surface area contributed by atoms with Crippen molar-refractivity contribution in [3.63, 3.8) is 0 Å². The van der Waals surface area contributed by atoms with Crippen LogP contribution in [0.4, 0.5) is 0 Å². The second-order valence-electron chi connectivity index (χ2n) is 7.98. The minimum absolute atomic E-state index is 0.0123. The summed E-state index contributed by atoms with van der Waals surface area (Å²) in [5.74, 6) is -0.367. The van der Waals surface area contributed by atoms with E-state index in [4.69, 9.17) is 4.74 Å². The van der Waals surface area contributed by atoms with Crippen LogP contribution in [-0.2, 0) is 14.3 Å². The minimum atomic E-state index is -0.362. The lowest BCUT2D eigenvalue weighted by atomic mass is 9.88. The third-order valence-corrected chi connectivity index (χ3v) is 6.30. The predicted octanol–water partition coefficient (Wildman–Crippen LogP) is 2.21. The Morgan fingerprint density at radius 2 is 2.19 bits per heavy atom. The Morgan fingerprint density at radius 3 is 2.92 bits per heavy atom. The molecule has 1 N–H and O–H groups in total. The summed E-state index contributed by atoms with van der Waals surface area (Å²) >= 11 is 0. The molecule has 1 aromatic heterocycles. The molecule has 3 heterocycles. The Balaban J connectivity index is 1.47. The van der Waals surface area contributed by atoms with Crippen molar-refractivity contribution in [3.8, 4) is 0 Å². The normalized spacial score (nSPS) is 30.7. The highest BCUT2D eigenvalue weighted by molar-refractivity contribution is 5.90. The van der Waals surface area contributed by atoms with Gasteiger partial charge < -0.3 is 15.0 Å². The maximum Gasteiger partial charge on any atom is 0.226 e. The molecule has 0 bridgehead atoms. The van der Waals surface area contributed by atoms with Crippen LogP contribution in [-0.4, -0.2) is 47.0 Å². The van der Waals surface area contributed by atoms with Crippen molar-refractivity contribution < 1.29 is 14.3 Å². The third kappa shape index (κ3) is 3.22. The Morgan fingerprint density at radius 1 is 1.38 bits per heavy atom. The molecule has 3 fully saturated rings. The lowest BCUT2D eigenvalue weighted by Crippen LogP contribution is -2.49. The van der Waals surface area contributed by atoms with Crippen LogP contribution in [0.5, 0.6) is 0 Å². The molecule has 0 aromatic carbocycles. The van der Waals surface area contributed by atoms with E-state index in [-0.39, 0.29) is 41.8 Å². The van der Waals surface area contributed by atoms with E-state index in [1.165, 1.54) is 12.8 Å². The van der Waals surface area contributed by atoms with Crippen molar-refractivity contribution in [1.82, 2.24) is 15.2 Å². The molecule has 140 valence electrons. The van der Waals surface area contributed by atoms with Gasteiger partial charge in [0.25, 0.3) is 0 Å². The molecular formula is C20H27N3O3. The summed E-state index contributed by atoms with van der Waals surface area (Å²) in [4.78, 5) is 31.2. The van der Waals surface area contributed by atoms with E-state index in [0.29, 0.717) is 6.61 Å². The van der Waals surface area contributed by atoms with Crippen molar-refractivity contribution in [2.45, 2.75) is 62.6 Å². The van der Waals surface area contributed by atoms with Gasteiger partial charge in [0.1, 0.15) is 0 Å². The highest BCUT2D eigenvalue weighted by Crippen LogP contribution is 2.41. The fraction of sp³-hybridized carbons (Fsp3) is 0.650. The molecule has 1 aliphatic carbocycles. The first-order valence-electron chi connectivity index (χ1n) is 9.68. The summed E-state index contributed by atoms with van der Waals surface area (Å²) < 4.78 is 6.07. The van der Waals surface area contributed by atoms with Gasteiger partial charge in [-0.15, -0.1) is 0 Å². The predicted molar refractivity (Wildman–Crippen MR) is 96.2 cm³/mol. The van der Waals surface area contributed by atoms with Gasteiger partial charge in [0, 0.05) is 38.5 Å². The molecule has 0 radical (unpaired) electrons. The molecule has 26 heavy (non-hydrogen) atoms. The van der Waals surface area contributed by atoms with Gasteiger partial charge in [-0.2, -0.15) is 0 Å². The second kappa shape index (κ2) is 6.99. The number of nitrogens with one attached hydrogen (secondary N) is 1. The first-order valence-corrected chi connectivity index (χ1v) is 9.68. The van der Waals surface area contributed by atoms with Crippen molar-refractivity contribution in [2.24, 2.45) is 5.92 Å². The number of pyridine rings is 1. The van der Waals surface area contributed by atoms with Crippen LogP contribution in [0.2, 0.25) is 0 Å². The summed E-state index contributed by atoms with van der Waals surface area (Å²) in [5.41, 5.74) is 0.890. The average Bonchev–Trinajstić information content (AvgIpc) is 3.21. The molecule has 1 spiro atoms. The lowest BCUT2D eigenvalue weighted by molar-refractivity contribution is -0.130. The van der Waals surface area contributed by atoms with Gasteiger partial charge in [0.2, 0.25) is 11.8 Å². The zero-order valence-electron chi connectivity index (χ0n) is 15.3. The highest BCUT2D eigenvalue weighted by atomic mass is 16.5. The van der Waals surface area contributed by atoms with E-state index in [1.807, 2.05) is 12.1 Å². The maximum absolute atomic E-state index is 13.0. The second-order valence-corrected chi connectivity index (χ2v) is 7.98. The number of hydrogen-bond donors (Lipinski definition) is 1. The van der Waals surface area contributed by atoms with Crippen molar-refractivity contribution >= 4 is 11.8 Å². The van der Waals surface area contributed by atoms with Gasteiger partial charge in [-0.25, -0.2) is 0 Å². The number of rotatable bonds is 3. The number of carbonyl (C=O) groups is 2. The molecule has 2 amide bonds. The molecule has 3 unspecified atom stereocenters. The number of likely N-dealkylation sites (tertiary alicyclic amines) is 1. The van der Waals surface area contributed by atoms with E-state index in [1.54, 1.807) is 24.3 Å². The van der Waals surface area contributed by atoms with Gasteiger partial charge in [0.05, 0.1) is 17.6 Å². The van der Waals surface area contributed by atoms with Gasteiger partial charge in [-0.05, 0) is 37.3 Å². The van der Waals surface area contributed by atoms with Crippen LogP contribution in [0.15, 0.2) is 24.5 Å². The molecule has 6 heteroatoms. The lowest BCUT2D eigenvalue weighted by Gasteiger charge is -2.39. The molecular weight excluding hydrogens is 330 g/mol. The minimum Gasteiger partial charge on any atom is -0.375 e. The summed E-state index contributed by atoms with van der Waals surface area (Å²) in [6, 6.07) is 3.69.